The van der Waals surface area contributed by atoms with Crippen LogP contribution < -0.4 is 24.8 Å². The van der Waals surface area contributed by atoms with E-state index in [1.54, 1.807) is 0 Å². The first-order valence-electron chi connectivity index (χ1n) is 8.76. The van der Waals surface area contributed by atoms with Crippen LogP contribution in [0.3, 0.4) is 0 Å². The normalized spacial score (nSPS) is 9.32. The molecule has 0 rings (SSSR count). The van der Waals surface area contributed by atoms with E-state index in [9.17, 15) is 4.79 Å². The molecule has 0 amide bonds. The molecule has 0 saturated heterocycles. The molecule has 0 saturated carbocycles. The van der Waals surface area contributed by atoms with E-state index in [2.05, 4.69) is 6.92 Å². The molecular weight excluding hydrogens is 355 g/mol. The van der Waals surface area contributed by atoms with Crippen LogP contribution >= 0.6 is 0 Å². The van der Waals surface area contributed by atoms with E-state index in [1.807, 2.05) is 6.29 Å². The number of rotatable bonds is 16. The summed E-state index contributed by atoms with van der Waals surface area (Å²) < 4.78 is 0. The molecule has 1 radical (unpaired) electrons. The summed E-state index contributed by atoms with van der Waals surface area (Å²) >= 11 is 0. The van der Waals surface area contributed by atoms with Gasteiger partial charge in [-0.05, 0) is 0 Å². The molecule has 0 aromatic rings. The van der Waals surface area contributed by atoms with Crippen LogP contribution in [0.4, 0.5) is 0 Å². The summed E-state index contributed by atoms with van der Waals surface area (Å²) in [6, 6.07) is 0. The predicted octanol–water partition coefficient (Wildman–Crippen LogP) is 0.363. The third kappa shape index (κ3) is 28.9. The van der Waals surface area contributed by atoms with Gasteiger partial charge in [-0.3, -0.25) is 6.29 Å². The summed E-state index contributed by atoms with van der Waals surface area (Å²) in [4.78, 5) is 10.0. The zero-order valence-electron chi connectivity index (χ0n) is 14.4. The van der Waals surface area contributed by atoms with Crippen LogP contribution in [0.1, 0.15) is 110 Å². The van der Waals surface area contributed by atoms with Gasteiger partial charge in [-0.15, -0.1) is 0 Å². The van der Waals surface area contributed by atoms with Crippen molar-refractivity contribution in [3.63, 3.8) is 0 Å². The van der Waals surface area contributed by atoms with Crippen molar-refractivity contribution in [2.45, 2.75) is 110 Å². The summed E-state index contributed by atoms with van der Waals surface area (Å²) in [6.07, 6.45) is 23.2. The average molecular weight is 390 g/mol. The van der Waals surface area contributed by atoms with Crippen LogP contribution in [-0.2, 0) is 22.2 Å². The summed E-state index contributed by atoms with van der Waals surface area (Å²) in [5, 5.41) is 0. The van der Waals surface area contributed by atoms with Crippen LogP contribution in [0.15, 0.2) is 0 Å². The zero-order chi connectivity index (χ0) is 14.0. The quantitative estimate of drug-likeness (QED) is 0.275. The molecule has 0 heterocycles. The number of carbonyl (C=O) groups excluding carboxylic acids is 1. The molecule has 22 heavy (non-hydrogen) atoms. The minimum Gasteiger partial charge on any atom is -1.00 e. The van der Waals surface area contributed by atoms with Crippen LogP contribution in [0.2, 0.25) is 0 Å². The van der Waals surface area contributed by atoms with Crippen molar-refractivity contribution >= 4 is 6.29 Å². The van der Waals surface area contributed by atoms with Crippen molar-refractivity contribution in [3.05, 3.63) is 0 Å². The van der Waals surface area contributed by atoms with Gasteiger partial charge in [0.1, 0.15) is 0 Å². The minimum atomic E-state index is 0. The molecule has 4 heteroatoms. The fourth-order valence-electron chi connectivity index (χ4n) is 2.57. The van der Waals surface area contributed by atoms with E-state index in [-0.39, 0.29) is 42.2 Å². The summed E-state index contributed by atoms with van der Waals surface area (Å²) in [5.74, 6) is 0. The standard InChI is InChI=1S/C18H35O.2ClH.Cr/c1-2-3-4-5-6-7-8-9-10-11-12-13-14-15-16-17-18-19;;;/h2-17H2,1H3;2*1H;/q-1;;;+3/p-2. The van der Waals surface area contributed by atoms with Crippen molar-refractivity contribution in [1.82, 2.24) is 0 Å². The monoisotopic (exact) mass is 389 g/mol. The van der Waals surface area contributed by atoms with E-state index in [1.165, 1.54) is 89.9 Å². The summed E-state index contributed by atoms with van der Waals surface area (Å²) in [5.41, 5.74) is 0. The second-order valence-electron chi connectivity index (χ2n) is 5.84. The van der Waals surface area contributed by atoms with Crippen molar-refractivity contribution < 1.29 is 47.0 Å². The van der Waals surface area contributed by atoms with E-state index in [0.717, 1.165) is 6.42 Å². The van der Waals surface area contributed by atoms with Gasteiger partial charge in [-0.1, -0.05) is 103 Å². The second-order valence-corrected chi connectivity index (χ2v) is 5.84. The Morgan fingerprint density at radius 1 is 0.545 bits per heavy atom. The summed E-state index contributed by atoms with van der Waals surface area (Å²) in [7, 11) is 0. The zero-order valence-corrected chi connectivity index (χ0v) is 17.2. The van der Waals surface area contributed by atoms with Crippen LogP contribution in [0.5, 0.6) is 0 Å². The van der Waals surface area contributed by atoms with Gasteiger partial charge in [-0.2, -0.15) is 6.42 Å². The molecule has 0 unspecified atom stereocenters. The Hall–Kier alpha value is 0.782. The molecule has 0 aromatic heterocycles. The van der Waals surface area contributed by atoms with Gasteiger partial charge in [0.05, 0.1) is 0 Å². The molecule has 133 valence electrons. The SMILES string of the molecule is CCCCCCCCCCCCCCCCC[C-]=O.[Cl-].[Cl-].[Cr+3]. The Labute approximate surface area is 162 Å². The Kier molecular flexibility index (Phi) is 41.4. The van der Waals surface area contributed by atoms with Crippen molar-refractivity contribution in [2.75, 3.05) is 0 Å². The predicted molar refractivity (Wildman–Crippen MR) is 85.2 cm³/mol. The van der Waals surface area contributed by atoms with Crippen molar-refractivity contribution in [3.8, 4) is 0 Å². The smallest absolute Gasteiger partial charge is 1.00 e. The number of halogens is 2. The van der Waals surface area contributed by atoms with Gasteiger partial charge in [0.2, 0.25) is 0 Å². The van der Waals surface area contributed by atoms with Crippen molar-refractivity contribution in [1.29, 1.82) is 0 Å². The minimum absolute atomic E-state index is 0. The maximum atomic E-state index is 10.0. The Morgan fingerprint density at radius 2 is 0.818 bits per heavy atom. The van der Waals surface area contributed by atoms with Gasteiger partial charge >= 0.3 is 17.4 Å². The molecule has 0 atom stereocenters. The maximum absolute atomic E-state index is 10.0. The Morgan fingerprint density at radius 3 is 1.09 bits per heavy atom. The van der Waals surface area contributed by atoms with Crippen LogP contribution in [0.25, 0.3) is 0 Å². The van der Waals surface area contributed by atoms with E-state index < -0.39 is 0 Å². The molecule has 0 aliphatic carbocycles. The Balaban J connectivity index is -0.000000540. The van der Waals surface area contributed by atoms with E-state index >= 15 is 0 Å². The molecule has 0 spiro atoms. The number of hydrogen-bond donors (Lipinski definition) is 0. The molecule has 0 aliphatic heterocycles. The van der Waals surface area contributed by atoms with Gasteiger partial charge < -0.3 is 29.6 Å². The van der Waals surface area contributed by atoms with Gasteiger partial charge in [-0.25, -0.2) is 0 Å². The first kappa shape index (κ1) is 30.6. The Bertz CT molecular complexity index is 180. The summed E-state index contributed by atoms with van der Waals surface area (Å²) in [6.45, 7) is 2.28. The average Bonchev–Trinajstić information content (AvgIpc) is 2.43. The third-order valence-electron chi connectivity index (χ3n) is 3.88. The third-order valence-corrected chi connectivity index (χ3v) is 3.88. The first-order valence-corrected chi connectivity index (χ1v) is 8.76. The van der Waals surface area contributed by atoms with Crippen LogP contribution in [-0.4, -0.2) is 6.29 Å². The van der Waals surface area contributed by atoms with E-state index in [4.69, 9.17) is 0 Å². The largest absolute Gasteiger partial charge is 3.00 e. The van der Waals surface area contributed by atoms with Gasteiger partial charge in [0, 0.05) is 0 Å². The van der Waals surface area contributed by atoms with Crippen molar-refractivity contribution in [2.24, 2.45) is 0 Å². The molecular formula is C18H35Cl2CrO. The fraction of sp³-hybridized carbons (Fsp3) is 0.944. The van der Waals surface area contributed by atoms with E-state index in [0.29, 0.717) is 6.42 Å². The fourth-order valence-corrected chi connectivity index (χ4v) is 2.57. The van der Waals surface area contributed by atoms with Crippen LogP contribution in [0, 0.1) is 0 Å². The molecule has 0 aromatic carbocycles. The first-order chi connectivity index (χ1) is 9.41. The number of unbranched alkanes of at least 4 members (excludes halogenated alkanes) is 15. The number of hydrogen-bond acceptors (Lipinski definition) is 1. The van der Waals surface area contributed by atoms with Gasteiger partial charge in [0.15, 0.2) is 0 Å². The second kappa shape index (κ2) is 29.8. The molecule has 0 bridgehead atoms. The topological polar surface area (TPSA) is 17.1 Å². The molecule has 0 fully saturated rings. The van der Waals surface area contributed by atoms with Gasteiger partial charge in [0.25, 0.3) is 0 Å². The molecule has 0 N–H and O–H groups in total. The molecule has 0 aliphatic rings. The maximum Gasteiger partial charge on any atom is 3.00 e. The molecule has 1 nitrogen and oxygen atoms in total.